The molecule has 0 saturated carbocycles. The van der Waals surface area contributed by atoms with Gasteiger partial charge in [0.15, 0.2) is 0 Å². The average molecular weight is 178 g/mol. The minimum atomic E-state index is -1.05. The molecule has 0 aromatic carbocycles. The predicted octanol–water partition coefficient (Wildman–Crippen LogP) is 3.37. The van der Waals surface area contributed by atoms with E-state index >= 15 is 0 Å². The van der Waals surface area contributed by atoms with Crippen molar-refractivity contribution in [2.24, 2.45) is 0 Å². The Morgan fingerprint density at radius 1 is 1.17 bits per heavy atom. The molecular weight excluding hydrogens is 160 g/mol. The summed E-state index contributed by atoms with van der Waals surface area (Å²) < 4.78 is 0. The van der Waals surface area contributed by atoms with Gasteiger partial charge in [-0.1, -0.05) is 30.8 Å². The fourth-order valence-electron chi connectivity index (χ4n) is 1.86. The van der Waals surface area contributed by atoms with Gasteiger partial charge < -0.3 is 0 Å². The monoisotopic (exact) mass is 178 g/mol. The summed E-state index contributed by atoms with van der Waals surface area (Å²) in [7, 11) is -1.05. The molecule has 0 unspecified atom stereocenters. The normalized spacial score (nSPS) is 17.7. The van der Waals surface area contributed by atoms with E-state index in [1.165, 1.54) is 24.8 Å². The Balaban J connectivity index is 2.97. The summed E-state index contributed by atoms with van der Waals surface area (Å²) in [5.41, 5.74) is 1.47. The maximum Gasteiger partial charge on any atom is 0.0736 e. The van der Waals surface area contributed by atoms with Crippen LogP contribution >= 0.6 is 0 Å². The second-order valence-corrected chi connectivity index (χ2v) is 9.54. The Labute approximate surface area is 77.1 Å². The molecule has 0 heterocycles. The van der Waals surface area contributed by atoms with Crippen molar-refractivity contribution < 1.29 is 0 Å². The highest BCUT2D eigenvalue weighted by Gasteiger charge is 2.25. The molecule has 12 heavy (non-hydrogen) atoms. The van der Waals surface area contributed by atoms with E-state index in [-0.39, 0.29) is 0 Å². The van der Waals surface area contributed by atoms with Crippen molar-refractivity contribution >= 4 is 8.07 Å². The number of hydrogen-bond donors (Lipinski definition) is 0. The Morgan fingerprint density at radius 3 is 2.33 bits per heavy atom. The van der Waals surface area contributed by atoms with Crippen LogP contribution in [0.4, 0.5) is 0 Å². The zero-order valence-corrected chi connectivity index (χ0v) is 9.62. The molecule has 0 bridgehead atoms. The second kappa shape index (κ2) is 3.49. The molecule has 0 aromatic heterocycles. The van der Waals surface area contributed by atoms with Gasteiger partial charge in [-0.25, -0.2) is 0 Å². The molecule has 0 radical (unpaired) electrons. The van der Waals surface area contributed by atoms with Crippen molar-refractivity contribution in [1.82, 2.24) is 0 Å². The largest absolute Gasteiger partial charge is 0.102 e. The fraction of sp³-hybridized carbons (Fsp3) is 0.636. The summed E-state index contributed by atoms with van der Waals surface area (Å²) in [6.45, 7) is 9.20. The predicted molar refractivity (Wildman–Crippen MR) is 57.7 cm³/mol. The van der Waals surface area contributed by atoms with E-state index < -0.39 is 8.07 Å². The van der Waals surface area contributed by atoms with Crippen molar-refractivity contribution in [3.8, 4) is 11.8 Å². The van der Waals surface area contributed by atoms with Crippen LogP contribution in [0, 0.1) is 11.8 Å². The molecule has 0 N–H and O–H groups in total. The topological polar surface area (TPSA) is 0 Å². The second-order valence-electron chi connectivity index (χ2n) is 4.44. The van der Waals surface area contributed by atoms with Gasteiger partial charge in [-0.2, -0.15) is 0 Å². The van der Waals surface area contributed by atoms with Crippen molar-refractivity contribution in [2.75, 3.05) is 0 Å². The van der Waals surface area contributed by atoms with Gasteiger partial charge in [-0.05, 0) is 31.8 Å². The van der Waals surface area contributed by atoms with E-state index in [0.717, 1.165) is 0 Å². The van der Waals surface area contributed by atoms with Gasteiger partial charge >= 0.3 is 0 Å². The standard InChI is InChI=1S/C11H18Si/c1-5-7-10-8-6-9-11(10)12(2,3)4/h6,8-9H2,1-4H3. The SMILES string of the molecule is CC#CC1=C([Si](C)(C)C)CCC1. The summed E-state index contributed by atoms with van der Waals surface area (Å²) >= 11 is 0. The van der Waals surface area contributed by atoms with Crippen LogP contribution in [0.2, 0.25) is 19.6 Å². The van der Waals surface area contributed by atoms with Gasteiger partial charge in [0.2, 0.25) is 0 Å². The lowest BCUT2D eigenvalue weighted by atomic mass is 10.2. The third-order valence-corrected chi connectivity index (χ3v) is 4.76. The third-order valence-electron chi connectivity index (χ3n) is 2.40. The number of allylic oxidation sites excluding steroid dienone is 2. The van der Waals surface area contributed by atoms with Gasteiger partial charge in [-0.3, -0.25) is 0 Å². The molecule has 0 amide bonds. The molecule has 1 rings (SSSR count). The van der Waals surface area contributed by atoms with Crippen molar-refractivity contribution in [3.63, 3.8) is 0 Å². The first kappa shape index (κ1) is 9.60. The van der Waals surface area contributed by atoms with E-state index in [0.29, 0.717) is 0 Å². The molecule has 0 saturated heterocycles. The first-order valence-corrected chi connectivity index (χ1v) is 8.21. The first-order valence-electron chi connectivity index (χ1n) is 4.71. The van der Waals surface area contributed by atoms with Gasteiger partial charge in [-0.15, -0.1) is 5.92 Å². The van der Waals surface area contributed by atoms with Crippen LogP contribution in [-0.4, -0.2) is 8.07 Å². The zero-order chi connectivity index (χ0) is 9.19. The van der Waals surface area contributed by atoms with E-state index in [1.807, 2.05) is 6.92 Å². The molecule has 0 nitrogen and oxygen atoms in total. The molecular formula is C11H18Si. The van der Waals surface area contributed by atoms with Crippen LogP contribution in [0.15, 0.2) is 10.8 Å². The Bertz CT molecular complexity index is 255. The van der Waals surface area contributed by atoms with Crippen molar-refractivity contribution in [2.45, 2.75) is 45.8 Å². The van der Waals surface area contributed by atoms with Gasteiger partial charge in [0.1, 0.15) is 0 Å². The summed E-state index contributed by atoms with van der Waals surface area (Å²) in [5, 5.41) is 1.72. The molecule has 0 spiro atoms. The highest BCUT2D eigenvalue weighted by molar-refractivity contribution is 6.83. The van der Waals surface area contributed by atoms with Crippen molar-refractivity contribution in [1.29, 1.82) is 0 Å². The van der Waals surface area contributed by atoms with Crippen LogP contribution < -0.4 is 0 Å². The summed E-state index contributed by atoms with van der Waals surface area (Å²) in [6, 6.07) is 0. The average Bonchev–Trinajstić information content (AvgIpc) is 2.34. The van der Waals surface area contributed by atoms with E-state index in [2.05, 4.69) is 31.5 Å². The molecule has 1 heteroatoms. The summed E-state index contributed by atoms with van der Waals surface area (Å²) in [6.07, 6.45) is 3.89. The van der Waals surface area contributed by atoms with Crippen LogP contribution in [0.1, 0.15) is 26.2 Å². The Kier molecular flexibility index (Phi) is 2.79. The van der Waals surface area contributed by atoms with Gasteiger partial charge in [0.05, 0.1) is 8.07 Å². The smallest absolute Gasteiger partial charge is 0.0736 e. The summed E-state index contributed by atoms with van der Waals surface area (Å²) in [4.78, 5) is 0. The number of hydrogen-bond acceptors (Lipinski definition) is 0. The van der Waals surface area contributed by atoms with Gasteiger partial charge in [0, 0.05) is 0 Å². The fourth-order valence-corrected chi connectivity index (χ4v) is 3.88. The van der Waals surface area contributed by atoms with Crippen LogP contribution in [0.5, 0.6) is 0 Å². The minimum Gasteiger partial charge on any atom is -0.102 e. The molecule has 0 fully saturated rings. The maximum atomic E-state index is 3.27. The van der Waals surface area contributed by atoms with Crippen molar-refractivity contribution in [3.05, 3.63) is 10.8 Å². The molecule has 0 atom stereocenters. The van der Waals surface area contributed by atoms with Gasteiger partial charge in [0.25, 0.3) is 0 Å². The highest BCUT2D eigenvalue weighted by atomic mass is 28.3. The lowest BCUT2D eigenvalue weighted by molar-refractivity contribution is 0.911. The molecule has 0 aromatic rings. The van der Waals surface area contributed by atoms with Crippen LogP contribution in [0.3, 0.4) is 0 Å². The Morgan fingerprint density at radius 2 is 1.83 bits per heavy atom. The zero-order valence-electron chi connectivity index (χ0n) is 8.62. The minimum absolute atomic E-state index is 1.05. The molecule has 1 aliphatic rings. The third kappa shape index (κ3) is 2.01. The lowest BCUT2D eigenvalue weighted by Crippen LogP contribution is -2.23. The number of rotatable bonds is 1. The maximum absolute atomic E-state index is 3.27. The highest BCUT2D eigenvalue weighted by Crippen LogP contribution is 2.32. The van der Waals surface area contributed by atoms with Crippen LogP contribution in [0.25, 0.3) is 0 Å². The summed E-state index contributed by atoms with van der Waals surface area (Å²) in [5.74, 6) is 6.29. The van der Waals surface area contributed by atoms with E-state index in [9.17, 15) is 0 Å². The molecule has 1 aliphatic carbocycles. The molecule has 0 aliphatic heterocycles. The van der Waals surface area contributed by atoms with E-state index in [4.69, 9.17) is 0 Å². The van der Waals surface area contributed by atoms with E-state index in [1.54, 1.807) is 5.20 Å². The Hall–Kier alpha value is -0.483. The first-order chi connectivity index (χ1) is 5.55. The quantitative estimate of drug-likeness (QED) is 0.426. The lowest BCUT2D eigenvalue weighted by Gasteiger charge is -2.18. The molecule has 66 valence electrons. The van der Waals surface area contributed by atoms with Crippen LogP contribution in [-0.2, 0) is 0 Å².